The number of fused-ring (bicyclic) bond motifs is 1. The first-order valence-electron chi connectivity index (χ1n) is 6.09. The predicted molar refractivity (Wildman–Crippen MR) is 80.4 cm³/mol. The molecule has 1 unspecified atom stereocenters. The lowest BCUT2D eigenvalue weighted by atomic mass is 10.2. The van der Waals surface area contributed by atoms with Crippen LogP contribution in [0.1, 0.15) is 0 Å². The molecule has 2 aromatic heterocycles. The molecule has 5 nitrogen and oxygen atoms in total. The number of benzene rings is 1. The smallest absolute Gasteiger partial charge is 0.174 e. The molecular weight excluding hydrogens is 294 g/mol. The fourth-order valence-electron chi connectivity index (χ4n) is 1.81. The molecule has 0 saturated heterocycles. The van der Waals surface area contributed by atoms with Crippen LogP contribution in [0.15, 0.2) is 40.3 Å². The predicted octanol–water partition coefficient (Wildman–Crippen LogP) is 2.55. The zero-order chi connectivity index (χ0) is 13.8. The first-order chi connectivity index (χ1) is 9.83. The van der Waals surface area contributed by atoms with Crippen molar-refractivity contribution < 1.29 is 9.84 Å². The van der Waals surface area contributed by atoms with Gasteiger partial charge in [-0.1, -0.05) is 29.2 Å². The Hall–Kier alpha value is -1.57. The van der Waals surface area contributed by atoms with Gasteiger partial charge in [0.1, 0.15) is 17.9 Å². The number of aromatic amines is 1. The monoisotopic (exact) mass is 307 g/mol. The molecular formula is C13H13N3O2S2. The second-order valence-corrected chi connectivity index (χ2v) is 6.28. The molecule has 0 aliphatic heterocycles. The molecule has 0 spiro atoms. The van der Waals surface area contributed by atoms with Crippen LogP contribution in [-0.2, 0) is 0 Å². The Labute approximate surface area is 124 Å². The molecule has 0 aliphatic rings. The van der Waals surface area contributed by atoms with E-state index in [9.17, 15) is 5.11 Å². The van der Waals surface area contributed by atoms with Gasteiger partial charge in [0.05, 0.1) is 6.10 Å². The maximum atomic E-state index is 9.93. The zero-order valence-corrected chi connectivity index (χ0v) is 12.2. The minimum Gasteiger partial charge on any atom is -0.490 e. The van der Waals surface area contributed by atoms with Crippen LogP contribution >= 0.6 is 23.1 Å². The van der Waals surface area contributed by atoms with Gasteiger partial charge in [0, 0.05) is 22.9 Å². The highest BCUT2D eigenvalue weighted by atomic mass is 32.2. The van der Waals surface area contributed by atoms with Crippen LogP contribution in [0.5, 0.6) is 5.75 Å². The van der Waals surface area contributed by atoms with Gasteiger partial charge in [-0.3, -0.25) is 0 Å². The summed E-state index contributed by atoms with van der Waals surface area (Å²) in [7, 11) is 0. The number of aliphatic hydroxyl groups excluding tert-OH is 1. The summed E-state index contributed by atoms with van der Waals surface area (Å²) in [5.74, 6) is 1.32. The molecule has 2 heterocycles. The summed E-state index contributed by atoms with van der Waals surface area (Å²) in [5.41, 5.74) is 2.71. The van der Waals surface area contributed by atoms with E-state index in [1.807, 2.05) is 30.5 Å². The zero-order valence-electron chi connectivity index (χ0n) is 10.5. The fourth-order valence-corrected chi connectivity index (χ4v) is 3.23. The van der Waals surface area contributed by atoms with Gasteiger partial charge in [-0.15, -0.1) is 10.2 Å². The molecule has 104 valence electrons. The van der Waals surface area contributed by atoms with Crippen molar-refractivity contribution in [3.05, 3.63) is 36.0 Å². The number of hydrogen-bond donors (Lipinski definition) is 2. The first kappa shape index (κ1) is 13.4. The van der Waals surface area contributed by atoms with E-state index in [-0.39, 0.29) is 6.61 Å². The lowest BCUT2D eigenvalue weighted by Gasteiger charge is -2.12. The third-order valence-corrected chi connectivity index (χ3v) is 4.73. The summed E-state index contributed by atoms with van der Waals surface area (Å²) < 4.78 is 6.55. The van der Waals surface area contributed by atoms with Crippen LogP contribution in [0.3, 0.4) is 0 Å². The second-order valence-electron chi connectivity index (χ2n) is 4.18. The van der Waals surface area contributed by atoms with Crippen molar-refractivity contribution in [3.8, 4) is 5.75 Å². The number of nitrogens with one attached hydrogen (secondary N) is 1. The summed E-state index contributed by atoms with van der Waals surface area (Å²) in [4.78, 5) is 3.13. The largest absolute Gasteiger partial charge is 0.490 e. The molecule has 0 aliphatic carbocycles. The molecule has 0 bridgehead atoms. The van der Waals surface area contributed by atoms with Gasteiger partial charge in [-0.05, 0) is 18.2 Å². The standard InChI is InChI=1S/C13H13N3O2S2/c17-9(7-19-13-16-15-8-20-13)6-18-12-3-1-2-11-10(12)4-5-14-11/h1-5,8-9,14,17H,6-7H2. The van der Waals surface area contributed by atoms with Gasteiger partial charge in [0.15, 0.2) is 4.34 Å². The molecule has 7 heteroatoms. The minimum absolute atomic E-state index is 0.260. The SMILES string of the molecule is OC(COc1cccc2[nH]ccc12)CSc1nncs1. The van der Waals surface area contributed by atoms with Gasteiger partial charge in [0.2, 0.25) is 0 Å². The Morgan fingerprint density at radius 1 is 1.40 bits per heavy atom. The lowest BCUT2D eigenvalue weighted by Crippen LogP contribution is -2.20. The summed E-state index contributed by atoms with van der Waals surface area (Å²) in [6.45, 7) is 0.260. The average Bonchev–Trinajstić information content (AvgIpc) is 3.13. The number of ether oxygens (including phenoxy) is 1. The Morgan fingerprint density at radius 3 is 3.20 bits per heavy atom. The third kappa shape index (κ3) is 3.12. The van der Waals surface area contributed by atoms with Crippen LogP contribution < -0.4 is 4.74 Å². The van der Waals surface area contributed by atoms with Crippen molar-refractivity contribution in [3.63, 3.8) is 0 Å². The number of aromatic nitrogens is 3. The second kappa shape index (κ2) is 6.25. The molecule has 3 rings (SSSR count). The van der Waals surface area contributed by atoms with Crippen molar-refractivity contribution in [1.29, 1.82) is 0 Å². The van der Waals surface area contributed by atoms with Crippen LogP contribution in [-0.4, -0.2) is 38.8 Å². The Bertz CT molecular complexity index is 669. The van der Waals surface area contributed by atoms with Gasteiger partial charge in [0.25, 0.3) is 0 Å². The number of hydrogen-bond acceptors (Lipinski definition) is 6. The third-order valence-electron chi connectivity index (χ3n) is 2.73. The highest BCUT2D eigenvalue weighted by molar-refractivity contribution is 8.01. The van der Waals surface area contributed by atoms with E-state index in [1.54, 1.807) is 5.51 Å². The normalized spacial score (nSPS) is 12.7. The highest BCUT2D eigenvalue weighted by Gasteiger charge is 2.09. The molecule has 0 fully saturated rings. The molecule has 3 aromatic rings. The quantitative estimate of drug-likeness (QED) is 0.685. The maximum Gasteiger partial charge on any atom is 0.174 e. The Morgan fingerprint density at radius 2 is 2.35 bits per heavy atom. The lowest BCUT2D eigenvalue weighted by molar-refractivity contribution is 0.127. The summed E-state index contributed by atoms with van der Waals surface area (Å²) in [6.07, 6.45) is 1.33. The fraction of sp³-hybridized carbons (Fsp3) is 0.231. The van der Waals surface area contributed by atoms with E-state index in [2.05, 4.69) is 15.2 Å². The van der Waals surface area contributed by atoms with Gasteiger partial charge < -0.3 is 14.8 Å². The molecule has 0 saturated carbocycles. The van der Waals surface area contributed by atoms with E-state index >= 15 is 0 Å². The molecule has 2 N–H and O–H groups in total. The molecule has 20 heavy (non-hydrogen) atoms. The summed E-state index contributed by atoms with van der Waals surface area (Å²) in [6, 6.07) is 7.79. The van der Waals surface area contributed by atoms with Crippen molar-refractivity contribution in [2.75, 3.05) is 12.4 Å². The molecule has 1 aromatic carbocycles. The van der Waals surface area contributed by atoms with Crippen LogP contribution in [0.4, 0.5) is 0 Å². The summed E-state index contributed by atoms with van der Waals surface area (Å²) >= 11 is 2.95. The van der Waals surface area contributed by atoms with Crippen molar-refractivity contribution in [2.45, 2.75) is 10.4 Å². The van der Waals surface area contributed by atoms with Gasteiger partial charge >= 0.3 is 0 Å². The van der Waals surface area contributed by atoms with Crippen LogP contribution in [0.25, 0.3) is 10.9 Å². The van der Waals surface area contributed by atoms with Crippen LogP contribution in [0, 0.1) is 0 Å². The number of thioether (sulfide) groups is 1. The van der Waals surface area contributed by atoms with E-state index in [0.29, 0.717) is 5.75 Å². The van der Waals surface area contributed by atoms with E-state index < -0.39 is 6.10 Å². The van der Waals surface area contributed by atoms with Crippen molar-refractivity contribution in [1.82, 2.24) is 15.2 Å². The minimum atomic E-state index is -0.543. The Kier molecular flexibility index (Phi) is 4.19. The van der Waals surface area contributed by atoms with E-state index in [4.69, 9.17) is 4.74 Å². The van der Waals surface area contributed by atoms with Crippen molar-refractivity contribution in [2.24, 2.45) is 0 Å². The number of nitrogens with zero attached hydrogens (tertiary/aromatic N) is 2. The van der Waals surface area contributed by atoms with E-state index in [0.717, 1.165) is 21.0 Å². The molecule has 0 radical (unpaired) electrons. The first-order valence-corrected chi connectivity index (χ1v) is 7.95. The number of H-pyrrole nitrogens is 1. The maximum absolute atomic E-state index is 9.93. The van der Waals surface area contributed by atoms with Crippen LogP contribution in [0.2, 0.25) is 0 Å². The van der Waals surface area contributed by atoms with Gasteiger partial charge in [-0.25, -0.2) is 0 Å². The highest BCUT2D eigenvalue weighted by Crippen LogP contribution is 2.25. The van der Waals surface area contributed by atoms with Crippen molar-refractivity contribution >= 4 is 34.0 Å². The Balaban J connectivity index is 1.55. The number of aliphatic hydroxyl groups is 1. The number of rotatable bonds is 6. The van der Waals surface area contributed by atoms with E-state index in [1.165, 1.54) is 23.1 Å². The molecule has 1 atom stereocenters. The average molecular weight is 307 g/mol. The topological polar surface area (TPSA) is 71.0 Å². The molecule has 0 amide bonds. The summed E-state index contributed by atoms with van der Waals surface area (Å²) in [5, 5.41) is 18.6. The van der Waals surface area contributed by atoms with Gasteiger partial charge in [-0.2, -0.15) is 0 Å².